The number of nitrogens with zero attached hydrogens (tertiary/aromatic N) is 2. The standard InChI is InChI=1S/C25H21ClN4O4/c1-13-11-17(15(3)29(13)18-9-7-16(8-10-18)22(27)31)12-19-23(32)28-25(34)30(24(19)33)21-6-4-5-20(26)14(21)2/h4-12H,1-3H3,(H2,27,31)(H,28,32,34)/b19-12+. The van der Waals surface area contributed by atoms with Crippen molar-refractivity contribution in [3.05, 3.63) is 87.2 Å². The number of nitrogens with two attached hydrogens (primary N) is 1. The number of benzene rings is 2. The largest absolute Gasteiger partial charge is 0.366 e. The molecule has 0 spiro atoms. The highest BCUT2D eigenvalue weighted by Crippen LogP contribution is 2.30. The van der Waals surface area contributed by atoms with Gasteiger partial charge in [-0.15, -0.1) is 0 Å². The number of halogens is 1. The van der Waals surface area contributed by atoms with Crippen LogP contribution in [0.15, 0.2) is 54.1 Å². The van der Waals surface area contributed by atoms with Crippen LogP contribution in [0.25, 0.3) is 11.8 Å². The lowest BCUT2D eigenvalue weighted by Gasteiger charge is -2.27. The first-order chi connectivity index (χ1) is 16.1. The number of primary amides is 1. The summed E-state index contributed by atoms with van der Waals surface area (Å²) in [6.45, 7) is 5.41. The lowest BCUT2D eigenvalue weighted by molar-refractivity contribution is -0.122. The van der Waals surface area contributed by atoms with E-state index in [1.54, 1.807) is 49.4 Å². The summed E-state index contributed by atoms with van der Waals surface area (Å²) in [5.74, 6) is -2.04. The second-order valence-corrected chi connectivity index (χ2v) is 8.32. The highest BCUT2D eigenvalue weighted by atomic mass is 35.5. The molecule has 1 fully saturated rings. The molecule has 5 amide bonds. The molecule has 9 heteroatoms. The molecule has 8 nitrogen and oxygen atoms in total. The molecule has 1 saturated heterocycles. The van der Waals surface area contributed by atoms with E-state index < -0.39 is 23.8 Å². The van der Waals surface area contributed by atoms with E-state index in [1.807, 2.05) is 24.5 Å². The summed E-state index contributed by atoms with van der Waals surface area (Å²) in [5.41, 5.74) is 9.40. The summed E-state index contributed by atoms with van der Waals surface area (Å²) in [4.78, 5) is 50.7. The summed E-state index contributed by atoms with van der Waals surface area (Å²) < 4.78 is 1.92. The molecule has 1 aliphatic heterocycles. The predicted octanol–water partition coefficient (Wildman–Crippen LogP) is 3.82. The number of hydrogen-bond acceptors (Lipinski definition) is 4. The van der Waals surface area contributed by atoms with Crippen molar-refractivity contribution in [3.63, 3.8) is 0 Å². The molecule has 1 aromatic heterocycles. The van der Waals surface area contributed by atoms with E-state index in [0.717, 1.165) is 22.0 Å². The molecule has 0 unspecified atom stereocenters. The third-order valence-corrected chi connectivity index (χ3v) is 6.17. The predicted molar refractivity (Wildman–Crippen MR) is 129 cm³/mol. The van der Waals surface area contributed by atoms with Crippen LogP contribution in [0.3, 0.4) is 0 Å². The number of urea groups is 1. The second kappa shape index (κ2) is 8.64. The zero-order chi connectivity index (χ0) is 24.7. The Labute approximate surface area is 200 Å². The number of carbonyl (C=O) groups is 4. The highest BCUT2D eigenvalue weighted by Gasteiger charge is 2.37. The summed E-state index contributed by atoms with van der Waals surface area (Å²) in [6, 6.07) is 12.6. The van der Waals surface area contributed by atoms with Gasteiger partial charge >= 0.3 is 6.03 Å². The van der Waals surface area contributed by atoms with Crippen molar-refractivity contribution in [2.45, 2.75) is 20.8 Å². The molecule has 3 N–H and O–H groups in total. The topological polar surface area (TPSA) is 114 Å². The van der Waals surface area contributed by atoms with Gasteiger partial charge in [-0.1, -0.05) is 17.7 Å². The maximum absolute atomic E-state index is 13.3. The number of imide groups is 2. The first-order valence-corrected chi connectivity index (χ1v) is 10.7. The van der Waals surface area contributed by atoms with Gasteiger partial charge in [0, 0.05) is 27.7 Å². The molecular formula is C25H21ClN4O4. The van der Waals surface area contributed by atoms with Crippen molar-refractivity contribution in [2.75, 3.05) is 4.90 Å². The van der Waals surface area contributed by atoms with Gasteiger partial charge in [0.1, 0.15) is 5.57 Å². The van der Waals surface area contributed by atoms with Gasteiger partial charge in [0.05, 0.1) is 5.69 Å². The van der Waals surface area contributed by atoms with Gasteiger partial charge in [0.2, 0.25) is 5.91 Å². The highest BCUT2D eigenvalue weighted by molar-refractivity contribution is 6.40. The molecule has 172 valence electrons. The minimum absolute atomic E-state index is 0.177. The van der Waals surface area contributed by atoms with Gasteiger partial charge in [0.15, 0.2) is 0 Å². The van der Waals surface area contributed by atoms with Crippen molar-refractivity contribution in [2.24, 2.45) is 5.73 Å². The van der Waals surface area contributed by atoms with Gasteiger partial charge in [-0.25, -0.2) is 9.69 Å². The van der Waals surface area contributed by atoms with Crippen LogP contribution in [-0.4, -0.2) is 28.3 Å². The number of carbonyl (C=O) groups excluding carboxylic acids is 4. The van der Waals surface area contributed by atoms with Crippen molar-refractivity contribution in [1.82, 2.24) is 9.88 Å². The number of aromatic nitrogens is 1. The third-order valence-electron chi connectivity index (χ3n) is 5.76. The molecule has 34 heavy (non-hydrogen) atoms. The molecule has 2 aromatic carbocycles. The Morgan fingerprint density at radius 2 is 1.71 bits per heavy atom. The lowest BCUT2D eigenvalue weighted by atomic mass is 10.1. The summed E-state index contributed by atoms with van der Waals surface area (Å²) in [5, 5.41) is 2.62. The SMILES string of the molecule is Cc1c(Cl)cccc1N1C(=O)NC(=O)/C(=C\c2cc(C)n(-c3ccc(C(N)=O)cc3)c2C)C1=O. The normalized spacial score (nSPS) is 15.1. The van der Waals surface area contributed by atoms with Gasteiger partial charge < -0.3 is 10.3 Å². The molecule has 0 saturated carbocycles. The van der Waals surface area contributed by atoms with E-state index in [2.05, 4.69) is 5.32 Å². The monoisotopic (exact) mass is 476 g/mol. The average molecular weight is 477 g/mol. The smallest absolute Gasteiger partial charge is 0.335 e. The fourth-order valence-corrected chi connectivity index (χ4v) is 4.15. The van der Waals surface area contributed by atoms with Crippen molar-refractivity contribution >= 4 is 47.1 Å². The molecule has 0 radical (unpaired) electrons. The molecule has 3 aromatic rings. The van der Waals surface area contributed by atoms with Crippen molar-refractivity contribution < 1.29 is 19.2 Å². The minimum atomic E-state index is -0.836. The van der Waals surface area contributed by atoms with E-state index in [9.17, 15) is 19.2 Å². The van der Waals surface area contributed by atoms with Crippen LogP contribution in [0.2, 0.25) is 5.02 Å². The van der Waals surface area contributed by atoms with Crippen LogP contribution >= 0.6 is 11.6 Å². The zero-order valence-electron chi connectivity index (χ0n) is 18.7. The van der Waals surface area contributed by atoms with E-state index in [-0.39, 0.29) is 5.57 Å². The van der Waals surface area contributed by atoms with E-state index in [1.165, 1.54) is 6.08 Å². The second-order valence-electron chi connectivity index (χ2n) is 7.91. The Hall–Kier alpha value is -4.17. The lowest BCUT2D eigenvalue weighted by Crippen LogP contribution is -2.54. The van der Waals surface area contributed by atoms with Crippen LogP contribution in [0.5, 0.6) is 0 Å². The number of hydrogen-bond donors (Lipinski definition) is 2. The molecule has 4 rings (SSSR count). The number of anilines is 1. The Kier molecular flexibility index (Phi) is 5.85. The van der Waals surface area contributed by atoms with Crippen LogP contribution in [0.1, 0.15) is 32.9 Å². The van der Waals surface area contributed by atoms with E-state index >= 15 is 0 Å². The van der Waals surface area contributed by atoms with Gasteiger partial charge in [-0.2, -0.15) is 0 Å². The van der Waals surface area contributed by atoms with Gasteiger partial charge in [0.25, 0.3) is 11.8 Å². The number of nitrogens with one attached hydrogen (secondary N) is 1. The zero-order valence-corrected chi connectivity index (χ0v) is 19.4. The van der Waals surface area contributed by atoms with E-state index in [0.29, 0.717) is 27.4 Å². The first-order valence-electron chi connectivity index (χ1n) is 10.4. The Balaban J connectivity index is 1.76. The number of rotatable bonds is 4. The van der Waals surface area contributed by atoms with Crippen molar-refractivity contribution in [3.8, 4) is 5.69 Å². The summed E-state index contributed by atoms with van der Waals surface area (Å²) >= 11 is 6.17. The number of aryl methyl sites for hydroxylation is 1. The molecule has 0 atom stereocenters. The molecule has 2 heterocycles. The van der Waals surface area contributed by atoms with Crippen molar-refractivity contribution in [1.29, 1.82) is 0 Å². The Morgan fingerprint density at radius 1 is 1.03 bits per heavy atom. The van der Waals surface area contributed by atoms with Crippen LogP contribution < -0.4 is 16.0 Å². The summed E-state index contributed by atoms with van der Waals surface area (Å²) in [6.07, 6.45) is 1.47. The fourth-order valence-electron chi connectivity index (χ4n) is 3.98. The van der Waals surface area contributed by atoms with Crippen LogP contribution in [0.4, 0.5) is 10.5 Å². The molecule has 0 aliphatic carbocycles. The summed E-state index contributed by atoms with van der Waals surface area (Å²) in [7, 11) is 0. The van der Waals surface area contributed by atoms with Gasteiger partial charge in [-0.3, -0.25) is 19.7 Å². The first kappa shape index (κ1) is 23.0. The maximum Gasteiger partial charge on any atom is 0.335 e. The van der Waals surface area contributed by atoms with Gasteiger partial charge in [-0.05, 0) is 80.4 Å². The Bertz CT molecular complexity index is 1400. The minimum Gasteiger partial charge on any atom is -0.366 e. The fraction of sp³-hybridized carbons (Fsp3) is 0.120. The molecular weight excluding hydrogens is 456 g/mol. The van der Waals surface area contributed by atoms with Crippen LogP contribution in [0, 0.1) is 20.8 Å². The maximum atomic E-state index is 13.3. The molecule has 1 aliphatic rings. The number of amides is 5. The van der Waals surface area contributed by atoms with E-state index in [4.69, 9.17) is 17.3 Å². The quantitative estimate of drug-likeness (QED) is 0.440. The Morgan fingerprint density at radius 3 is 2.35 bits per heavy atom. The third kappa shape index (κ3) is 3.88. The molecule has 0 bridgehead atoms. The van der Waals surface area contributed by atoms with Crippen LogP contribution in [-0.2, 0) is 9.59 Å². The number of barbiturate groups is 1. The average Bonchev–Trinajstić information content (AvgIpc) is 3.06.